The molecule has 14 heavy (non-hydrogen) atoms. The summed E-state index contributed by atoms with van der Waals surface area (Å²) in [7, 11) is 10.5. The number of rotatable bonds is 5. The van der Waals surface area contributed by atoms with E-state index in [1.54, 1.807) is 0 Å². The molecule has 0 aliphatic carbocycles. The number of nitrogens with two attached hydrogens (primary N) is 1. The van der Waals surface area contributed by atoms with Gasteiger partial charge in [0.2, 0.25) is 0 Å². The fraction of sp³-hybridized carbons (Fsp3) is 0.889. The lowest BCUT2D eigenvalue weighted by molar-refractivity contribution is -0.933. The van der Waals surface area contributed by atoms with Gasteiger partial charge in [0.25, 0.3) is 5.91 Å². The highest BCUT2D eigenvalue weighted by Gasteiger charge is 2.22. The molecule has 0 saturated carbocycles. The Hall–Kier alpha value is -0.650. The van der Waals surface area contributed by atoms with Gasteiger partial charge in [-0.2, -0.15) is 0 Å². The van der Waals surface area contributed by atoms with Crippen molar-refractivity contribution in [2.75, 3.05) is 54.9 Å². The van der Waals surface area contributed by atoms with Crippen LogP contribution in [0.4, 0.5) is 0 Å². The Morgan fingerprint density at radius 3 is 2.00 bits per heavy atom. The van der Waals surface area contributed by atoms with Gasteiger partial charge < -0.3 is 8.97 Å². The van der Waals surface area contributed by atoms with Crippen LogP contribution in [-0.4, -0.2) is 69.7 Å². The van der Waals surface area contributed by atoms with Gasteiger partial charge in [-0.1, -0.05) is 0 Å². The molecule has 0 aromatic carbocycles. The van der Waals surface area contributed by atoms with E-state index in [0.29, 0.717) is 11.0 Å². The zero-order chi connectivity index (χ0) is 11.4. The topological polar surface area (TPSA) is 55.1 Å². The first-order valence-corrected chi connectivity index (χ1v) is 4.78. The quantitative estimate of drug-likeness (QED) is 0.255. The lowest BCUT2D eigenvalue weighted by atomic mass is 10.4. The van der Waals surface area contributed by atoms with Gasteiger partial charge in [0.05, 0.1) is 35.2 Å². The average molecular weight is 204 g/mol. The zero-order valence-electron chi connectivity index (χ0n) is 10.0. The summed E-state index contributed by atoms with van der Waals surface area (Å²) in [6.07, 6.45) is 0. The molecule has 0 aromatic rings. The molecule has 0 aliphatic heterocycles. The molecule has 0 radical (unpaired) electrons. The highest BCUT2D eigenvalue weighted by atomic mass is 16.2. The Kier molecular flexibility index (Phi) is 4.51. The van der Waals surface area contributed by atoms with Gasteiger partial charge in [0.15, 0.2) is 6.54 Å². The second-order valence-electron chi connectivity index (χ2n) is 5.40. The predicted octanol–water partition coefficient (Wildman–Crippen LogP) is -1.24. The molecule has 0 saturated heterocycles. The number of likely N-dealkylation sites (N-methyl/N-ethyl adjacent to an activating group) is 2. The Bertz CT molecular complexity index is 195. The second kappa shape index (κ2) is 4.72. The molecule has 84 valence electrons. The Labute approximate surface area is 86.6 Å². The highest BCUT2D eigenvalue weighted by molar-refractivity contribution is 5.76. The third-order valence-electron chi connectivity index (χ3n) is 2.11. The smallest absolute Gasteiger partial charge is 0.289 e. The molecule has 0 unspecified atom stereocenters. The van der Waals surface area contributed by atoms with Gasteiger partial charge in [-0.3, -0.25) is 10.2 Å². The Balaban J connectivity index is 4.01. The summed E-state index contributed by atoms with van der Waals surface area (Å²) >= 11 is 0. The highest BCUT2D eigenvalue weighted by Crippen LogP contribution is 1.99. The molecule has 0 aliphatic rings. The third kappa shape index (κ3) is 6.82. The summed E-state index contributed by atoms with van der Waals surface area (Å²) in [6, 6.07) is 0. The standard InChI is InChI=1S/C9H23N4O/c1-12(2,3)6-7-13(4,5)8-9(14)11-10/h6-8,10H2,1-5H3/q+1/p+1. The number of amides is 1. The van der Waals surface area contributed by atoms with E-state index in [2.05, 4.69) is 26.6 Å². The van der Waals surface area contributed by atoms with Crippen LogP contribution >= 0.6 is 0 Å². The second-order valence-corrected chi connectivity index (χ2v) is 5.40. The summed E-state index contributed by atoms with van der Waals surface area (Å²) in [5, 5.41) is 0. The molecular formula is C9H24N4O+2. The maximum Gasteiger partial charge on any atom is 0.289 e. The molecule has 5 heteroatoms. The molecule has 0 atom stereocenters. The van der Waals surface area contributed by atoms with Crippen molar-refractivity contribution < 1.29 is 13.8 Å². The number of carbonyl (C=O) groups excluding carboxylic acids is 1. The van der Waals surface area contributed by atoms with Crippen LogP contribution in [0.25, 0.3) is 0 Å². The number of carbonyl (C=O) groups is 1. The van der Waals surface area contributed by atoms with E-state index in [-0.39, 0.29) is 5.91 Å². The number of hydrazine groups is 1. The molecule has 0 aromatic heterocycles. The van der Waals surface area contributed by atoms with Gasteiger partial charge >= 0.3 is 0 Å². The fourth-order valence-electron chi connectivity index (χ4n) is 1.08. The summed E-state index contributed by atoms with van der Waals surface area (Å²) in [4.78, 5) is 11.1. The van der Waals surface area contributed by atoms with Gasteiger partial charge in [-0.05, 0) is 0 Å². The van der Waals surface area contributed by atoms with E-state index in [1.807, 2.05) is 14.1 Å². The fourth-order valence-corrected chi connectivity index (χ4v) is 1.08. The van der Waals surface area contributed by atoms with E-state index >= 15 is 0 Å². The normalized spacial score (nSPS) is 12.7. The predicted molar refractivity (Wildman–Crippen MR) is 57.1 cm³/mol. The summed E-state index contributed by atoms with van der Waals surface area (Å²) in [6.45, 7) is 2.41. The Morgan fingerprint density at radius 2 is 1.64 bits per heavy atom. The van der Waals surface area contributed by atoms with Crippen molar-refractivity contribution in [2.24, 2.45) is 5.84 Å². The van der Waals surface area contributed by atoms with Crippen molar-refractivity contribution in [1.82, 2.24) is 5.43 Å². The molecule has 5 nitrogen and oxygen atoms in total. The molecule has 0 bridgehead atoms. The minimum atomic E-state index is -0.114. The van der Waals surface area contributed by atoms with Crippen LogP contribution in [0.2, 0.25) is 0 Å². The van der Waals surface area contributed by atoms with Gasteiger partial charge in [0, 0.05) is 0 Å². The lowest BCUT2D eigenvalue weighted by Crippen LogP contribution is -2.53. The van der Waals surface area contributed by atoms with Gasteiger partial charge in [0.1, 0.15) is 13.1 Å². The molecular weight excluding hydrogens is 180 g/mol. The molecule has 3 N–H and O–H groups in total. The van der Waals surface area contributed by atoms with Crippen molar-refractivity contribution in [3.63, 3.8) is 0 Å². The minimum absolute atomic E-state index is 0.114. The van der Waals surface area contributed by atoms with E-state index in [1.165, 1.54) is 0 Å². The molecule has 0 rings (SSSR count). The first-order valence-electron chi connectivity index (χ1n) is 4.78. The Morgan fingerprint density at radius 1 is 1.14 bits per heavy atom. The van der Waals surface area contributed by atoms with Crippen molar-refractivity contribution in [1.29, 1.82) is 0 Å². The van der Waals surface area contributed by atoms with Crippen molar-refractivity contribution in [3.8, 4) is 0 Å². The molecule has 0 heterocycles. The van der Waals surface area contributed by atoms with Crippen LogP contribution in [-0.2, 0) is 4.79 Å². The largest absolute Gasteiger partial charge is 0.326 e. The van der Waals surface area contributed by atoms with Gasteiger partial charge in [-0.25, -0.2) is 5.84 Å². The van der Waals surface area contributed by atoms with Crippen molar-refractivity contribution in [3.05, 3.63) is 0 Å². The maximum absolute atomic E-state index is 11.1. The number of quaternary nitrogens is 2. The van der Waals surface area contributed by atoms with Crippen LogP contribution in [0.3, 0.4) is 0 Å². The summed E-state index contributed by atoms with van der Waals surface area (Å²) < 4.78 is 1.57. The van der Waals surface area contributed by atoms with Gasteiger partial charge in [-0.15, -0.1) is 0 Å². The number of nitrogens with zero attached hydrogens (tertiary/aromatic N) is 2. The van der Waals surface area contributed by atoms with Crippen LogP contribution in [0, 0.1) is 0 Å². The van der Waals surface area contributed by atoms with Crippen molar-refractivity contribution >= 4 is 5.91 Å². The summed E-state index contributed by atoms with van der Waals surface area (Å²) in [5.74, 6) is 4.93. The zero-order valence-corrected chi connectivity index (χ0v) is 10.0. The first-order chi connectivity index (χ1) is 6.16. The maximum atomic E-state index is 11.1. The average Bonchev–Trinajstić information content (AvgIpc) is 1.99. The van der Waals surface area contributed by atoms with Crippen LogP contribution in [0.5, 0.6) is 0 Å². The lowest BCUT2D eigenvalue weighted by Gasteiger charge is -2.32. The van der Waals surface area contributed by atoms with Crippen LogP contribution in [0.15, 0.2) is 0 Å². The number of nitrogens with one attached hydrogen (secondary N) is 1. The third-order valence-corrected chi connectivity index (χ3v) is 2.11. The van der Waals surface area contributed by atoms with E-state index in [4.69, 9.17) is 5.84 Å². The number of hydrogen-bond donors (Lipinski definition) is 2. The number of hydrogen-bond acceptors (Lipinski definition) is 2. The SMILES string of the molecule is C[N+](C)(C)CC[N+](C)(C)CC(=O)NN. The van der Waals surface area contributed by atoms with Crippen LogP contribution in [0.1, 0.15) is 0 Å². The van der Waals surface area contributed by atoms with E-state index in [0.717, 1.165) is 17.6 Å². The van der Waals surface area contributed by atoms with Crippen LogP contribution < -0.4 is 11.3 Å². The van der Waals surface area contributed by atoms with E-state index < -0.39 is 0 Å². The molecule has 1 amide bonds. The molecule has 0 spiro atoms. The first kappa shape index (κ1) is 13.4. The summed E-state index contributed by atoms with van der Waals surface area (Å²) in [5.41, 5.74) is 2.16. The van der Waals surface area contributed by atoms with E-state index in [9.17, 15) is 4.79 Å². The van der Waals surface area contributed by atoms with Crippen molar-refractivity contribution in [2.45, 2.75) is 0 Å². The molecule has 0 fully saturated rings. The monoisotopic (exact) mass is 204 g/mol. The minimum Gasteiger partial charge on any atom is -0.326 e.